The van der Waals surface area contributed by atoms with Gasteiger partial charge < -0.3 is 25.4 Å². The van der Waals surface area contributed by atoms with Gasteiger partial charge in [-0.2, -0.15) is 0 Å². The quantitative estimate of drug-likeness (QED) is 0.393. The number of anilines is 1. The number of nitrogens with two attached hydrogens (primary N) is 2. The van der Waals surface area contributed by atoms with Crippen LogP contribution in [0.15, 0.2) is 12.1 Å². The fourth-order valence-electron chi connectivity index (χ4n) is 1.16. The summed E-state index contributed by atoms with van der Waals surface area (Å²) in [6, 6.07) is 3.45. The molecule has 1 rings (SSSR count). The number of benzene rings is 1. The van der Waals surface area contributed by atoms with Crippen molar-refractivity contribution >= 4 is 12.1 Å². The van der Waals surface area contributed by atoms with E-state index in [4.69, 9.17) is 24.8 Å². The molecule has 96 valence electrons. The maximum absolute atomic E-state index is 8.58. The van der Waals surface area contributed by atoms with Crippen LogP contribution in [0.3, 0.4) is 0 Å². The van der Waals surface area contributed by atoms with Gasteiger partial charge in [0, 0.05) is 12.1 Å². The van der Waals surface area contributed by atoms with E-state index in [2.05, 4.69) is 11.2 Å². The van der Waals surface area contributed by atoms with Crippen molar-refractivity contribution in [1.29, 1.82) is 0 Å². The monoisotopic (exact) mass is 243 g/mol. The molecule has 1 aromatic rings. The SMILES string of the molecule is COc1cc(NN)cc(OC)c1OC.NC=O. The predicted octanol–water partition coefficient (Wildman–Crippen LogP) is 0.0995. The van der Waals surface area contributed by atoms with Gasteiger partial charge in [-0.25, -0.2) is 0 Å². The molecule has 7 heteroatoms. The first-order chi connectivity index (χ1) is 8.18. The summed E-state index contributed by atoms with van der Waals surface area (Å²) in [6.45, 7) is 0. The summed E-state index contributed by atoms with van der Waals surface area (Å²) in [6.07, 6.45) is 0.250. The summed E-state index contributed by atoms with van der Waals surface area (Å²) < 4.78 is 15.4. The molecule has 17 heavy (non-hydrogen) atoms. The third-order valence-corrected chi connectivity index (χ3v) is 1.83. The summed E-state index contributed by atoms with van der Waals surface area (Å²) >= 11 is 0. The Hall–Kier alpha value is -2.15. The van der Waals surface area contributed by atoms with E-state index in [0.29, 0.717) is 22.9 Å². The first kappa shape index (κ1) is 14.8. The summed E-state index contributed by atoms with van der Waals surface area (Å²) in [4.78, 5) is 8.58. The number of ether oxygens (including phenoxy) is 3. The molecule has 1 aromatic carbocycles. The lowest BCUT2D eigenvalue weighted by atomic mass is 10.2. The minimum atomic E-state index is 0.250. The number of primary amides is 1. The second kappa shape index (κ2) is 8.05. The van der Waals surface area contributed by atoms with Crippen LogP contribution in [-0.4, -0.2) is 27.7 Å². The molecule has 0 heterocycles. The molecule has 0 fully saturated rings. The maximum atomic E-state index is 8.58. The van der Waals surface area contributed by atoms with Gasteiger partial charge in [-0.3, -0.25) is 10.6 Å². The number of nitrogen functional groups attached to an aromatic ring is 1. The van der Waals surface area contributed by atoms with Crippen molar-refractivity contribution < 1.29 is 19.0 Å². The topological polar surface area (TPSA) is 109 Å². The van der Waals surface area contributed by atoms with Crippen molar-refractivity contribution in [1.82, 2.24) is 0 Å². The fraction of sp³-hybridized carbons (Fsp3) is 0.300. The van der Waals surface area contributed by atoms with Crippen LogP contribution >= 0.6 is 0 Å². The third kappa shape index (κ3) is 4.07. The minimum Gasteiger partial charge on any atom is -0.493 e. The normalized spacial score (nSPS) is 8.47. The molecule has 0 spiro atoms. The van der Waals surface area contributed by atoms with Crippen molar-refractivity contribution in [3.8, 4) is 17.2 Å². The van der Waals surface area contributed by atoms with E-state index in [0.717, 1.165) is 0 Å². The Morgan fingerprint density at radius 2 is 1.53 bits per heavy atom. The van der Waals surface area contributed by atoms with Gasteiger partial charge in [-0.1, -0.05) is 0 Å². The molecule has 0 radical (unpaired) electrons. The Kier molecular flexibility index (Phi) is 7.04. The van der Waals surface area contributed by atoms with E-state index in [-0.39, 0.29) is 6.41 Å². The first-order valence-electron chi connectivity index (χ1n) is 4.60. The number of hydrogen-bond acceptors (Lipinski definition) is 6. The lowest BCUT2D eigenvalue weighted by Gasteiger charge is -2.13. The molecule has 0 bridgehead atoms. The lowest BCUT2D eigenvalue weighted by Crippen LogP contribution is -2.07. The molecule has 5 N–H and O–H groups in total. The highest BCUT2D eigenvalue weighted by molar-refractivity contribution is 5.62. The van der Waals surface area contributed by atoms with Gasteiger partial charge >= 0.3 is 0 Å². The molecule has 1 amide bonds. The van der Waals surface area contributed by atoms with Crippen LogP contribution in [0.5, 0.6) is 17.2 Å². The highest BCUT2D eigenvalue weighted by Crippen LogP contribution is 2.39. The average Bonchev–Trinajstić information content (AvgIpc) is 2.37. The zero-order chi connectivity index (χ0) is 13.3. The third-order valence-electron chi connectivity index (χ3n) is 1.83. The minimum absolute atomic E-state index is 0.250. The Morgan fingerprint density at radius 3 is 1.76 bits per heavy atom. The molecule has 0 aromatic heterocycles. The number of amides is 1. The number of hydrogen-bond donors (Lipinski definition) is 3. The van der Waals surface area contributed by atoms with Gasteiger partial charge in [0.05, 0.1) is 27.0 Å². The van der Waals surface area contributed by atoms with Gasteiger partial charge in [0.1, 0.15) is 0 Å². The second-order valence-corrected chi connectivity index (χ2v) is 2.69. The molecular weight excluding hydrogens is 226 g/mol. The van der Waals surface area contributed by atoms with Crippen molar-refractivity contribution in [2.75, 3.05) is 26.8 Å². The van der Waals surface area contributed by atoms with Crippen molar-refractivity contribution in [2.45, 2.75) is 0 Å². The summed E-state index contributed by atoms with van der Waals surface area (Å²) in [5.41, 5.74) is 7.37. The van der Waals surface area contributed by atoms with Crippen LogP contribution in [0.2, 0.25) is 0 Å². The lowest BCUT2D eigenvalue weighted by molar-refractivity contribution is -0.106. The van der Waals surface area contributed by atoms with E-state index < -0.39 is 0 Å². The highest BCUT2D eigenvalue weighted by atomic mass is 16.5. The smallest absolute Gasteiger partial charge is 0.204 e. The van der Waals surface area contributed by atoms with Crippen molar-refractivity contribution in [3.05, 3.63) is 12.1 Å². The number of rotatable bonds is 4. The second-order valence-electron chi connectivity index (χ2n) is 2.69. The molecule has 0 saturated carbocycles. The Bertz CT molecular complexity index is 332. The molecule has 0 atom stereocenters. The number of methoxy groups -OCH3 is 3. The maximum Gasteiger partial charge on any atom is 0.204 e. The predicted molar refractivity (Wildman–Crippen MR) is 64.2 cm³/mol. The number of carbonyl (C=O) groups is 1. The van der Waals surface area contributed by atoms with E-state index in [9.17, 15) is 0 Å². The van der Waals surface area contributed by atoms with Gasteiger partial charge in [-0.05, 0) is 0 Å². The molecule has 0 aliphatic heterocycles. The Labute approximate surface area is 99.6 Å². The molecule has 0 aliphatic carbocycles. The zero-order valence-corrected chi connectivity index (χ0v) is 10.0. The number of carbonyl (C=O) groups excluding carboxylic acids is 1. The Morgan fingerprint density at radius 1 is 1.12 bits per heavy atom. The van der Waals surface area contributed by atoms with Crippen LogP contribution in [0.4, 0.5) is 5.69 Å². The first-order valence-corrected chi connectivity index (χ1v) is 4.60. The summed E-state index contributed by atoms with van der Waals surface area (Å²) in [5, 5.41) is 0. The van der Waals surface area contributed by atoms with Crippen LogP contribution in [0.25, 0.3) is 0 Å². The van der Waals surface area contributed by atoms with Gasteiger partial charge in [0.25, 0.3) is 0 Å². The van der Waals surface area contributed by atoms with Crippen LogP contribution < -0.4 is 31.2 Å². The van der Waals surface area contributed by atoms with Crippen LogP contribution in [0.1, 0.15) is 0 Å². The highest BCUT2D eigenvalue weighted by Gasteiger charge is 2.12. The van der Waals surface area contributed by atoms with Crippen LogP contribution in [-0.2, 0) is 4.79 Å². The molecule has 0 unspecified atom stereocenters. The largest absolute Gasteiger partial charge is 0.493 e. The Balaban J connectivity index is 0.000000770. The average molecular weight is 243 g/mol. The van der Waals surface area contributed by atoms with E-state index >= 15 is 0 Å². The molecule has 0 saturated heterocycles. The summed E-state index contributed by atoms with van der Waals surface area (Å²) in [7, 11) is 4.66. The molecular formula is C10H17N3O4. The molecule has 7 nitrogen and oxygen atoms in total. The van der Waals surface area contributed by atoms with Crippen LogP contribution in [0, 0.1) is 0 Å². The van der Waals surface area contributed by atoms with Gasteiger partial charge in [-0.15, -0.1) is 0 Å². The number of hydrazine groups is 1. The fourth-order valence-corrected chi connectivity index (χ4v) is 1.16. The standard InChI is InChI=1S/C9H14N2O3.CH3NO/c1-12-7-4-6(11-10)5-8(13-2)9(7)14-3;2-1-3/h4-5,11H,10H2,1-3H3;1H,(H2,2,3). The van der Waals surface area contributed by atoms with E-state index in [1.165, 1.54) is 0 Å². The van der Waals surface area contributed by atoms with E-state index in [1.807, 2.05) is 0 Å². The van der Waals surface area contributed by atoms with Gasteiger partial charge in [0.2, 0.25) is 12.2 Å². The summed E-state index contributed by atoms with van der Waals surface area (Å²) in [5.74, 6) is 6.98. The number of nitrogens with one attached hydrogen (secondary N) is 1. The van der Waals surface area contributed by atoms with Crippen molar-refractivity contribution in [2.24, 2.45) is 11.6 Å². The van der Waals surface area contributed by atoms with Gasteiger partial charge in [0.15, 0.2) is 11.5 Å². The van der Waals surface area contributed by atoms with E-state index in [1.54, 1.807) is 33.5 Å². The van der Waals surface area contributed by atoms with Crippen molar-refractivity contribution in [3.63, 3.8) is 0 Å². The zero-order valence-electron chi connectivity index (χ0n) is 10.0. The molecule has 0 aliphatic rings.